The summed E-state index contributed by atoms with van der Waals surface area (Å²) in [6, 6.07) is 0. The molecule has 0 heterocycles. The SMILES string of the molecule is CCOP(=S)(S)OC(C)CC. The summed E-state index contributed by atoms with van der Waals surface area (Å²) in [5.74, 6) is 0. The number of rotatable bonds is 5. The first-order valence-electron chi connectivity index (χ1n) is 3.67. The van der Waals surface area contributed by atoms with Gasteiger partial charge in [-0.15, -0.1) is 0 Å². The second-order valence-corrected chi connectivity index (χ2v) is 7.45. The van der Waals surface area contributed by atoms with Gasteiger partial charge in [0, 0.05) is 0 Å². The summed E-state index contributed by atoms with van der Waals surface area (Å²) < 4.78 is 10.6. The van der Waals surface area contributed by atoms with Crippen molar-refractivity contribution in [2.24, 2.45) is 0 Å². The highest BCUT2D eigenvalue weighted by Crippen LogP contribution is 2.54. The summed E-state index contributed by atoms with van der Waals surface area (Å²) >= 11 is 9.16. The maximum atomic E-state index is 5.40. The van der Waals surface area contributed by atoms with Gasteiger partial charge in [0.2, 0.25) is 5.69 Å². The summed E-state index contributed by atoms with van der Waals surface area (Å²) in [7, 11) is 0. The molecule has 68 valence electrons. The standard InChI is InChI=1S/C6H15O2PS2/c1-4-6(3)8-9(10,11)7-5-2/h6H,4-5H2,1-3H3,(H,10,11). The van der Waals surface area contributed by atoms with Crippen LogP contribution in [-0.4, -0.2) is 12.7 Å². The molecule has 0 aliphatic heterocycles. The Morgan fingerprint density at radius 1 is 1.55 bits per heavy atom. The molecule has 2 unspecified atom stereocenters. The molecular formula is C6H15O2PS2. The van der Waals surface area contributed by atoms with E-state index in [4.69, 9.17) is 20.9 Å². The molecule has 0 fully saturated rings. The fourth-order valence-corrected chi connectivity index (χ4v) is 3.07. The lowest BCUT2D eigenvalue weighted by atomic mass is 10.3. The van der Waals surface area contributed by atoms with Gasteiger partial charge in [0.25, 0.3) is 0 Å². The van der Waals surface area contributed by atoms with Crippen LogP contribution in [-0.2, 0) is 20.9 Å². The molecule has 0 spiro atoms. The topological polar surface area (TPSA) is 18.5 Å². The molecule has 0 aromatic carbocycles. The predicted molar refractivity (Wildman–Crippen MR) is 55.7 cm³/mol. The van der Waals surface area contributed by atoms with Crippen molar-refractivity contribution in [2.45, 2.75) is 33.3 Å². The van der Waals surface area contributed by atoms with Gasteiger partial charge in [-0.1, -0.05) is 19.2 Å². The first kappa shape index (κ1) is 11.9. The van der Waals surface area contributed by atoms with Crippen LogP contribution in [0, 0.1) is 0 Å². The van der Waals surface area contributed by atoms with Crippen LogP contribution < -0.4 is 0 Å². The Bertz CT molecular complexity index is 152. The Morgan fingerprint density at radius 3 is 2.45 bits per heavy atom. The monoisotopic (exact) mass is 214 g/mol. The minimum atomic E-state index is -2.24. The van der Waals surface area contributed by atoms with E-state index in [0.29, 0.717) is 6.61 Å². The van der Waals surface area contributed by atoms with Crippen molar-refractivity contribution in [1.29, 1.82) is 0 Å². The van der Waals surface area contributed by atoms with Crippen molar-refractivity contribution >= 4 is 29.7 Å². The van der Waals surface area contributed by atoms with Crippen LogP contribution in [0.3, 0.4) is 0 Å². The van der Waals surface area contributed by atoms with Crippen LogP contribution >= 0.6 is 17.9 Å². The van der Waals surface area contributed by atoms with Crippen molar-refractivity contribution in [1.82, 2.24) is 0 Å². The maximum absolute atomic E-state index is 5.40. The molecule has 0 N–H and O–H groups in total. The molecule has 0 aliphatic carbocycles. The van der Waals surface area contributed by atoms with Crippen LogP contribution in [0.25, 0.3) is 0 Å². The van der Waals surface area contributed by atoms with Crippen LogP contribution in [0.1, 0.15) is 27.2 Å². The molecular weight excluding hydrogens is 199 g/mol. The summed E-state index contributed by atoms with van der Waals surface area (Å²) in [4.78, 5) is 0. The van der Waals surface area contributed by atoms with Crippen LogP contribution in [0.2, 0.25) is 0 Å². The Labute approximate surface area is 79.0 Å². The van der Waals surface area contributed by atoms with E-state index in [1.54, 1.807) is 0 Å². The third-order valence-electron chi connectivity index (χ3n) is 1.18. The molecule has 0 radical (unpaired) electrons. The van der Waals surface area contributed by atoms with E-state index in [0.717, 1.165) is 6.42 Å². The first-order chi connectivity index (χ1) is 5.02. The second kappa shape index (κ2) is 5.55. The van der Waals surface area contributed by atoms with Crippen molar-refractivity contribution in [3.63, 3.8) is 0 Å². The van der Waals surface area contributed by atoms with Gasteiger partial charge in [-0.2, -0.15) is 0 Å². The molecule has 2 atom stereocenters. The highest BCUT2D eigenvalue weighted by atomic mass is 32.9. The quantitative estimate of drug-likeness (QED) is 0.560. The van der Waals surface area contributed by atoms with Gasteiger partial charge < -0.3 is 9.05 Å². The normalized spacial score (nSPS) is 19.3. The fourth-order valence-electron chi connectivity index (χ4n) is 0.496. The van der Waals surface area contributed by atoms with Crippen molar-refractivity contribution in [3.05, 3.63) is 0 Å². The number of hydrogen-bond acceptors (Lipinski definition) is 3. The van der Waals surface area contributed by atoms with E-state index in [-0.39, 0.29) is 6.10 Å². The molecule has 2 nitrogen and oxygen atoms in total. The average molecular weight is 214 g/mol. The number of thiol groups is 1. The Hall–Kier alpha value is 0.920. The van der Waals surface area contributed by atoms with Crippen molar-refractivity contribution in [2.75, 3.05) is 6.61 Å². The first-order valence-corrected chi connectivity index (χ1v) is 7.46. The van der Waals surface area contributed by atoms with Gasteiger partial charge >= 0.3 is 0 Å². The van der Waals surface area contributed by atoms with Crippen LogP contribution in [0.15, 0.2) is 0 Å². The van der Waals surface area contributed by atoms with E-state index >= 15 is 0 Å². The number of hydrogen-bond donors (Lipinski definition) is 1. The predicted octanol–water partition coefficient (Wildman–Crippen LogP) is 2.99. The van der Waals surface area contributed by atoms with Crippen LogP contribution in [0.4, 0.5) is 0 Å². The Morgan fingerprint density at radius 2 is 2.09 bits per heavy atom. The van der Waals surface area contributed by atoms with Gasteiger partial charge in [0.15, 0.2) is 0 Å². The molecule has 0 aliphatic rings. The maximum Gasteiger partial charge on any atom is 0.244 e. The van der Waals surface area contributed by atoms with E-state index in [9.17, 15) is 0 Å². The van der Waals surface area contributed by atoms with Gasteiger partial charge in [-0.3, -0.25) is 0 Å². The zero-order valence-electron chi connectivity index (χ0n) is 7.11. The molecule has 0 aromatic heterocycles. The van der Waals surface area contributed by atoms with Gasteiger partial charge in [0.1, 0.15) is 0 Å². The van der Waals surface area contributed by atoms with Crippen molar-refractivity contribution < 1.29 is 9.05 Å². The smallest absolute Gasteiger partial charge is 0.244 e. The Kier molecular flexibility index (Phi) is 6.01. The zero-order chi connectivity index (χ0) is 8.91. The molecule has 0 saturated carbocycles. The largest absolute Gasteiger partial charge is 0.322 e. The fraction of sp³-hybridized carbons (Fsp3) is 1.00. The van der Waals surface area contributed by atoms with Crippen LogP contribution in [0.5, 0.6) is 0 Å². The van der Waals surface area contributed by atoms with Gasteiger partial charge in [0.05, 0.1) is 12.7 Å². The highest BCUT2D eigenvalue weighted by molar-refractivity contribution is 8.60. The molecule has 0 aromatic rings. The summed E-state index contributed by atoms with van der Waals surface area (Å²) in [5.41, 5.74) is -2.24. The highest BCUT2D eigenvalue weighted by Gasteiger charge is 2.14. The molecule has 0 amide bonds. The minimum Gasteiger partial charge on any atom is -0.322 e. The lowest BCUT2D eigenvalue weighted by molar-refractivity contribution is 0.201. The molecule has 0 rings (SSSR count). The third-order valence-corrected chi connectivity index (χ3v) is 3.59. The van der Waals surface area contributed by atoms with E-state index in [1.165, 1.54) is 0 Å². The summed E-state index contributed by atoms with van der Waals surface area (Å²) in [5, 5.41) is 0. The van der Waals surface area contributed by atoms with Gasteiger partial charge in [-0.25, -0.2) is 0 Å². The zero-order valence-corrected chi connectivity index (χ0v) is 9.72. The summed E-state index contributed by atoms with van der Waals surface area (Å²) in [6.45, 7) is 6.46. The van der Waals surface area contributed by atoms with Crippen molar-refractivity contribution in [3.8, 4) is 0 Å². The molecule has 0 saturated heterocycles. The molecule has 0 bridgehead atoms. The molecule has 5 heteroatoms. The Balaban J connectivity index is 3.81. The minimum absolute atomic E-state index is 0.143. The van der Waals surface area contributed by atoms with E-state index < -0.39 is 5.69 Å². The average Bonchev–Trinajstić information content (AvgIpc) is 1.86. The molecule has 11 heavy (non-hydrogen) atoms. The second-order valence-electron chi connectivity index (χ2n) is 2.21. The third kappa shape index (κ3) is 6.12. The lowest BCUT2D eigenvalue weighted by Gasteiger charge is -2.19. The summed E-state index contributed by atoms with van der Waals surface area (Å²) in [6.07, 6.45) is 1.08. The van der Waals surface area contributed by atoms with E-state index in [2.05, 4.69) is 12.2 Å². The lowest BCUT2D eigenvalue weighted by Crippen LogP contribution is -2.03. The van der Waals surface area contributed by atoms with Gasteiger partial charge in [-0.05, 0) is 32.1 Å². The van der Waals surface area contributed by atoms with E-state index in [1.807, 2.05) is 20.8 Å².